The molecule has 84 valence electrons. The maximum Gasteiger partial charge on any atom is 0.224 e. The number of hydrogen-bond acceptors (Lipinski definition) is 2. The van der Waals surface area contributed by atoms with Crippen LogP contribution in [0.4, 0.5) is 0 Å². The quantitative estimate of drug-likeness (QED) is 0.696. The van der Waals surface area contributed by atoms with Crippen molar-refractivity contribution in [1.29, 1.82) is 0 Å². The van der Waals surface area contributed by atoms with Gasteiger partial charge in [-0.3, -0.25) is 4.79 Å². The van der Waals surface area contributed by atoms with Gasteiger partial charge >= 0.3 is 0 Å². The average Bonchev–Trinajstić information content (AvgIpc) is 1.76. The number of primary amides is 1. The Morgan fingerprint density at radius 1 is 1.14 bits per heavy atom. The summed E-state index contributed by atoms with van der Waals surface area (Å²) in [7, 11) is -2.36. The summed E-state index contributed by atoms with van der Waals surface area (Å²) in [5.41, 5.74) is 5.12. The van der Waals surface area contributed by atoms with Crippen LogP contribution in [0.25, 0.3) is 0 Å². The Morgan fingerprint density at radius 3 is 1.71 bits per heavy atom. The SMILES string of the molecule is CC(C)CP(=O)(CC(N)=O)CC(C)C. The Bertz CT molecular complexity index is 222. The molecule has 0 unspecified atom stereocenters. The van der Waals surface area contributed by atoms with E-state index in [1.54, 1.807) is 0 Å². The Hall–Kier alpha value is -0.300. The van der Waals surface area contributed by atoms with Gasteiger partial charge in [0, 0.05) is 12.3 Å². The van der Waals surface area contributed by atoms with Gasteiger partial charge in [-0.25, -0.2) is 0 Å². The van der Waals surface area contributed by atoms with E-state index in [-0.39, 0.29) is 6.16 Å². The van der Waals surface area contributed by atoms with Crippen molar-refractivity contribution in [2.24, 2.45) is 17.6 Å². The molecule has 3 nitrogen and oxygen atoms in total. The second-order valence-corrected chi connectivity index (χ2v) is 8.00. The first-order valence-corrected chi connectivity index (χ1v) is 7.37. The van der Waals surface area contributed by atoms with Crippen LogP contribution >= 0.6 is 7.14 Å². The summed E-state index contributed by atoms with van der Waals surface area (Å²) < 4.78 is 12.3. The zero-order valence-corrected chi connectivity index (χ0v) is 10.5. The first-order chi connectivity index (χ1) is 6.25. The predicted octanol–water partition coefficient (Wildman–Crippen LogP) is 2.15. The monoisotopic (exact) mass is 219 g/mol. The maximum atomic E-state index is 12.3. The molecule has 0 heterocycles. The summed E-state index contributed by atoms with van der Waals surface area (Å²) in [5, 5.41) is 0. The van der Waals surface area contributed by atoms with Crippen LogP contribution in [0.5, 0.6) is 0 Å². The van der Waals surface area contributed by atoms with E-state index >= 15 is 0 Å². The van der Waals surface area contributed by atoms with Crippen LogP contribution in [0.3, 0.4) is 0 Å². The third-order valence-corrected chi connectivity index (χ3v) is 5.52. The van der Waals surface area contributed by atoms with Crippen LogP contribution in [-0.2, 0) is 9.36 Å². The van der Waals surface area contributed by atoms with E-state index in [2.05, 4.69) is 0 Å². The van der Waals surface area contributed by atoms with Gasteiger partial charge in [-0.1, -0.05) is 27.7 Å². The molecule has 4 heteroatoms. The molecule has 1 amide bonds. The Balaban J connectivity index is 4.49. The van der Waals surface area contributed by atoms with Crippen molar-refractivity contribution < 1.29 is 9.36 Å². The molecular weight excluding hydrogens is 197 g/mol. The highest BCUT2D eigenvalue weighted by molar-refractivity contribution is 7.64. The van der Waals surface area contributed by atoms with Crippen LogP contribution in [0.15, 0.2) is 0 Å². The van der Waals surface area contributed by atoms with Gasteiger partial charge in [0.05, 0.1) is 13.3 Å². The van der Waals surface area contributed by atoms with Gasteiger partial charge in [0.2, 0.25) is 5.91 Å². The average molecular weight is 219 g/mol. The third kappa shape index (κ3) is 6.20. The number of rotatable bonds is 6. The summed E-state index contributed by atoms with van der Waals surface area (Å²) in [6.45, 7) is 8.09. The van der Waals surface area contributed by atoms with Gasteiger partial charge in [-0.15, -0.1) is 0 Å². The number of nitrogens with two attached hydrogens (primary N) is 1. The fourth-order valence-electron chi connectivity index (χ4n) is 1.82. The molecular formula is C10H22NO2P. The molecule has 0 aliphatic rings. The molecule has 0 radical (unpaired) electrons. The second kappa shape index (κ2) is 5.55. The van der Waals surface area contributed by atoms with Gasteiger partial charge in [0.15, 0.2) is 0 Å². The summed E-state index contributed by atoms with van der Waals surface area (Å²) >= 11 is 0. The van der Waals surface area contributed by atoms with Gasteiger partial charge < -0.3 is 10.3 Å². The normalized spacial score (nSPS) is 12.4. The van der Waals surface area contributed by atoms with Gasteiger partial charge in [-0.2, -0.15) is 0 Å². The lowest BCUT2D eigenvalue weighted by Gasteiger charge is -2.20. The van der Waals surface area contributed by atoms with E-state index in [1.807, 2.05) is 27.7 Å². The molecule has 0 saturated carbocycles. The van der Waals surface area contributed by atoms with Crippen LogP contribution in [0.2, 0.25) is 0 Å². The van der Waals surface area contributed by atoms with E-state index in [0.717, 1.165) is 0 Å². The lowest BCUT2D eigenvalue weighted by Crippen LogP contribution is -2.20. The Labute approximate surface area is 86.8 Å². The first-order valence-electron chi connectivity index (χ1n) is 5.10. The molecule has 0 atom stereocenters. The van der Waals surface area contributed by atoms with Crippen molar-refractivity contribution in [3.8, 4) is 0 Å². The minimum Gasteiger partial charge on any atom is -0.369 e. The van der Waals surface area contributed by atoms with Gasteiger partial charge in [0.1, 0.15) is 0 Å². The molecule has 2 N–H and O–H groups in total. The molecule has 0 bridgehead atoms. The molecule has 0 aromatic rings. The highest BCUT2D eigenvalue weighted by Crippen LogP contribution is 2.48. The molecule has 0 aromatic heterocycles. The van der Waals surface area contributed by atoms with Crippen LogP contribution in [0.1, 0.15) is 27.7 Å². The number of amides is 1. The third-order valence-electron chi connectivity index (χ3n) is 1.84. The van der Waals surface area contributed by atoms with Gasteiger partial charge in [0.25, 0.3) is 0 Å². The highest BCUT2D eigenvalue weighted by atomic mass is 31.2. The lowest BCUT2D eigenvalue weighted by molar-refractivity contribution is -0.115. The molecule has 0 aliphatic heterocycles. The van der Waals surface area contributed by atoms with Crippen molar-refractivity contribution in [3.05, 3.63) is 0 Å². The van der Waals surface area contributed by atoms with Crippen molar-refractivity contribution in [2.75, 3.05) is 18.5 Å². The van der Waals surface area contributed by atoms with E-state index in [0.29, 0.717) is 24.2 Å². The number of carbonyl (C=O) groups is 1. The van der Waals surface area contributed by atoms with Crippen molar-refractivity contribution in [2.45, 2.75) is 27.7 Å². The van der Waals surface area contributed by atoms with Crippen molar-refractivity contribution in [3.63, 3.8) is 0 Å². The largest absolute Gasteiger partial charge is 0.369 e. The number of hydrogen-bond donors (Lipinski definition) is 1. The smallest absolute Gasteiger partial charge is 0.224 e. The first kappa shape index (κ1) is 13.7. The second-order valence-electron chi connectivity index (χ2n) is 4.84. The summed E-state index contributed by atoms with van der Waals surface area (Å²) in [5.74, 6) is 0.285. The molecule has 0 aromatic carbocycles. The van der Waals surface area contributed by atoms with Gasteiger partial charge in [-0.05, 0) is 11.8 Å². The van der Waals surface area contributed by atoms with E-state index in [1.165, 1.54) is 0 Å². The van der Waals surface area contributed by atoms with Crippen molar-refractivity contribution in [1.82, 2.24) is 0 Å². The molecule has 0 aliphatic carbocycles. The molecule has 0 spiro atoms. The Morgan fingerprint density at radius 2 is 1.50 bits per heavy atom. The zero-order chi connectivity index (χ0) is 11.4. The van der Waals surface area contributed by atoms with Crippen LogP contribution in [-0.4, -0.2) is 24.4 Å². The molecule has 14 heavy (non-hydrogen) atoms. The van der Waals surface area contributed by atoms with Crippen molar-refractivity contribution >= 4 is 13.0 Å². The van der Waals surface area contributed by atoms with Crippen LogP contribution in [0, 0.1) is 11.8 Å². The maximum absolute atomic E-state index is 12.3. The molecule has 0 saturated heterocycles. The fourth-order valence-corrected chi connectivity index (χ4v) is 5.46. The Kier molecular flexibility index (Phi) is 5.43. The predicted molar refractivity (Wildman–Crippen MR) is 61.1 cm³/mol. The minimum atomic E-state index is -2.36. The van der Waals surface area contributed by atoms with E-state index in [9.17, 15) is 9.36 Å². The highest BCUT2D eigenvalue weighted by Gasteiger charge is 2.26. The van der Waals surface area contributed by atoms with E-state index < -0.39 is 13.0 Å². The zero-order valence-electron chi connectivity index (χ0n) is 9.62. The summed E-state index contributed by atoms with van der Waals surface area (Å²) in [4.78, 5) is 10.8. The topological polar surface area (TPSA) is 60.2 Å². The van der Waals surface area contributed by atoms with E-state index in [4.69, 9.17) is 5.73 Å². The lowest BCUT2D eigenvalue weighted by atomic mass is 10.3. The minimum absolute atomic E-state index is 0.0728. The van der Waals surface area contributed by atoms with Crippen LogP contribution < -0.4 is 5.73 Å². The summed E-state index contributed by atoms with van der Waals surface area (Å²) in [6, 6.07) is 0. The molecule has 0 fully saturated rings. The summed E-state index contributed by atoms with van der Waals surface area (Å²) in [6.07, 6.45) is 1.34. The number of carbonyl (C=O) groups excluding carboxylic acids is 1. The fraction of sp³-hybridized carbons (Fsp3) is 0.900. The molecule has 0 rings (SSSR count). The standard InChI is InChI=1S/C10H22NO2P/c1-8(2)5-14(13,6-9(3)4)7-10(11)12/h8-9H,5-7H2,1-4H3,(H2,11,12).